The number of carbonyl (C=O) groups is 9. The number of primary amides is 1. The molecule has 2 aromatic rings. The number of unbranched alkanes of at least 4 members (excludes halogenated alkanes) is 1. The first-order valence-electron chi connectivity index (χ1n) is 29.4. The number of aliphatic hydroxyl groups is 1. The molecule has 0 aromatic heterocycles. The first kappa shape index (κ1) is 74.6. The number of nitrogens with zero attached hydrogens (tertiary/aromatic N) is 2. The van der Waals surface area contributed by atoms with Gasteiger partial charge in [0, 0.05) is 57.2 Å². The monoisotopic (exact) mass is 1430 g/mol. The van der Waals surface area contributed by atoms with Crippen LogP contribution in [0.15, 0.2) is 48.1 Å². The van der Waals surface area contributed by atoms with Crippen LogP contribution in [0.4, 0.5) is 25.4 Å². The summed E-state index contributed by atoms with van der Waals surface area (Å²) in [4.78, 5) is 123. The lowest BCUT2D eigenvalue weighted by Gasteiger charge is -2.42. The van der Waals surface area contributed by atoms with Gasteiger partial charge >= 0.3 is 24.1 Å². The normalized spacial score (nSPS) is 24.1. The third-order valence-corrected chi connectivity index (χ3v) is 18.4. The SMILES string of the molecule is COc1cc2cc(c1Cl)N(C)C(=O)C[C@H](OC(=O)[C@H](C)N(C)C(=O)c1cc(F)c(NC(=O)[C@H](CCCNC(N)=O)NC(=O)[C@@H](NC(=O)CCCCC(C)OC(=O)C(CBr)CBr)C(C)C)cc1Cl)[C@]1(C)O[C@H]1[C@H](C)[C@@H]1C[C@@](O)(NC(=O)O1)[C@H](OC)/C=C/C=C(\C)C2. The average Bonchev–Trinajstić information content (AvgIpc) is 1.59. The number of nitrogens with one attached hydrogen (secondary N) is 5. The Labute approximate surface area is 550 Å². The number of urea groups is 1. The van der Waals surface area contributed by atoms with E-state index in [0.29, 0.717) is 41.9 Å². The van der Waals surface area contributed by atoms with Gasteiger partial charge < -0.3 is 70.3 Å². The van der Waals surface area contributed by atoms with Gasteiger partial charge in [-0.1, -0.05) is 99.6 Å². The highest BCUT2D eigenvalue weighted by Gasteiger charge is 2.64. The Hall–Kier alpha value is -6.10. The molecule has 29 heteroatoms. The highest BCUT2D eigenvalue weighted by molar-refractivity contribution is 9.09. The Balaban J connectivity index is 1.34. The topological polar surface area (TPSA) is 325 Å². The van der Waals surface area contributed by atoms with Gasteiger partial charge in [-0.15, -0.1) is 0 Å². The minimum atomic E-state index is -1.95. The number of carbonyl (C=O) groups excluding carboxylic acids is 9. The van der Waals surface area contributed by atoms with Crippen LogP contribution in [-0.4, -0.2) is 169 Å². The van der Waals surface area contributed by atoms with Crippen molar-refractivity contribution in [2.75, 3.05) is 55.7 Å². The van der Waals surface area contributed by atoms with E-state index in [-0.39, 0.29) is 71.7 Å². The van der Waals surface area contributed by atoms with Crippen molar-refractivity contribution < 1.29 is 81.1 Å². The standard InChI is InChI=1S/C61H83Br2Cl2FN8O16/c1-31(2)51(71-48(75)20-13-12-17-33(4)87-57(81)37(29-62)30-63)54(78)69-41(18-15-21-68-58(67)82)53(77)70-42-26-39(64)38(25-40(42)66)55(79)73(8)35(6)56(80)89-47-27-49(76)74(9)43-23-36(24-44(85-10)50(43)65)22-32(3)16-14-19-46(86-11)61(84)28-45(88-59(83)72-61)34(5)52-60(47,7)90-52/h14,16,19,23-26,31,33-35,37,41,45-47,51-52,84H,12-13,15,17-18,20-22,27-30H2,1-11H3,(H,69,78)(H,70,77)(H,71,75)(H,72,83)(H3,67,68,82)/b19-14+,32-16+/t33?,34-,35+,41+,45+,46-,47+,51+,52+,60+,61+/m1/s1. The smallest absolute Gasteiger partial charge is 0.409 e. The van der Waals surface area contributed by atoms with E-state index < -0.39 is 137 Å². The van der Waals surface area contributed by atoms with E-state index in [1.54, 1.807) is 65.0 Å². The number of alkyl carbamates (subject to hydrolysis) is 1. The van der Waals surface area contributed by atoms with Gasteiger partial charge in [-0.2, -0.15) is 0 Å². The van der Waals surface area contributed by atoms with E-state index in [1.165, 1.54) is 40.1 Å². The molecule has 11 atom stereocenters. The first-order valence-corrected chi connectivity index (χ1v) is 32.4. The van der Waals surface area contributed by atoms with Gasteiger partial charge in [0.25, 0.3) is 5.91 Å². The number of rotatable bonds is 25. The van der Waals surface area contributed by atoms with Crippen LogP contribution < -0.4 is 42.0 Å². The molecule has 0 saturated carbocycles. The number of nitrogens with two attached hydrogens (primary N) is 1. The predicted molar refractivity (Wildman–Crippen MR) is 341 cm³/mol. The van der Waals surface area contributed by atoms with Crippen LogP contribution in [0.2, 0.25) is 10.0 Å². The summed E-state index contributed by atoms with van der Waals surface area (Å²) in [5.74, 6) is -7.38. The number of ether oxygens (including phenoxy) is 6. The highest BCUT2D eigenvalue weighted by Crippen LogP contribution is 2.49. The van der Waals surface area contributed by atoms with E-state index in [1.807, 2.05) is 6.92 Å². The molecule has 90 heavy (non-hydrogen) atoms. The first-order chi connectivity index (χ1) is 42.3. The second kappa shape index (κ2) is 33.5. The zero-order valence-electron chi connectivity index (χ0n) is 52.3. The molecule has 24 nitrogen and oxygen atoms in total. The molecule has 498 valence electrons. The maximum atomic E-state index is 16.2. The van der Waals surface area contributed by atoms with Crippen molar-refractivity contribution in [3.05, 3.63) is 75.1 Å². The van der Waals surface area contributed by atoms with E-state index in [9.17, 15) is 48.3 Å². The molecule has 4 bridgehead atoms. The largest absolute Gasteiger partial charge is 0.495 e. The lowest BCUT2D eigenvalue weighted by Crippen LogP contribution is -2.63. The fourth-order valence-electron chi connectivity index (χ4n) is 10.5. The quantitative estimate of drug-likeness (QED) is 0.0166. The van der Waals surface area contributed by atoms with Crippen LogP contribution in [0.3, 0.4) is 0 Å². The molecule has 2 saturated heterocycles. The molecule has 2 aromatic carbocycles. The molecule has 2 fully saturated rings. The number of benzene rings is 2. The van der Waals surface area contributed by atoms with Crippen molar-refractivity contribution in [1.29, 1.82) is 0 Å². The number of amides is 8. The number of anilines is 2. The summed E-state index contributed by atoms with van der Waals surface area (Å²) >= 11 is 20.1. The number of hydrogen-bond donors (Lipinski definition) is 7. The second-order valence-corrected chi connectivity index (χ2v) is 25.5. The molecule has 0 spiro atoms. The molecule has 0 aliphatic carbocycles. The van der Waals surface area contributed by atoms with Gasteiger partial charge in [-0.25, -0.2) is 18.8 Å². The summed E-state index contributed by atoms with van der Waals surface area (Å²) < 4.78 is 51.2. The zero-order chi connectivity index (χ0) is 67.1. The van der Waals surface area contributed by atoms with Gasteiger partial charge in [0.15, 0.2) is 5.72 Å². The number of hydrogen-bond acceptors (Lipinski definition) is 16. The molecule has 8 N–H and O–H groups in total. The number of methoxy groups -OCH3 is 2. The van der Waals surface area contributed by atoms with E-state index in [2.05, 4.69) is 58.4 Å². The van der Waals surface area contributed by atoms with Gasteiger partial charge in [0.1, 0.15) is 58.6 Å². The van der Waals surface area contributed by atoms with Gasteiger partial charge in [-0.3, -0.25) is 34.1 Å². The lowest BCUT2D eigenvalue weighted by molar-refractivity contribution is -0.158. The number of alkyl halides is 2. The molecule has 5 rings (SSSR count). The van der Waals surface area contributed by atoms with Gasteiger partial charge in [0.2, 0.25) is 23.6 Å². The fraction of sp³-hybridized carbons (Fsp3) is 0.590. The van der Waals surface area contributed by atoms with Crippen molar-refractivity contribution in [2.24, 2.45) is 23.5 Å². The van der Waals surface area contributed by atoms with Crippen molar-refractivity contribution in [2.45, 2.75) is 166 Å². The maximum Gasteiger partial charge on any atom is 0.409 e. The summed E-state index contributed by atoms with van der Waals surface area (Å²) in [5, 5.41) is 25.2. The van der Waals surface area contributed by atoms with E-state index in [4.69, 9.17) is 57.4 Å². The molecule has 0 radical (unpaired) electrons. The zero-order valence-corrected chi connectivity index (χ0v) is 57.0. The Kier molecular flexibility index (Phi) is 27.8. The molecule has 8 amide bonds. The van der Waals surface area contributed by atoms with Gasteiger partial charge in [-0.05, 0) is 102 Å². The predicted octanol–water partition coefficient (Wildman–Crippen LogP) is 7.53. The summed E-state index contributed by atoms with van der Waals surface area (Å²) in [5.41, 5.74) is 2.75. The number of epoxide rings is 1. The number of halogens is 5. The van der Waals surface area contributed by atoms with Crippen LogP contribution in [0.5, 0.6) is 5.75 Å². The third-order valence-electron chi connectivity index (χ3n) is 16.2. The average molecular weight is 1430 g/mol. The fourth-order valence-corrected chi connectivity index (χ4v) is 12.6. The summed E-state index contributed by atoms with van der Waals surface area (Å²) in [6.07, 6.45) is 0.712. The molecular formula is C61H83Br2Cl2FN8O16. The molecule has 3 aliphatic rings. The maximum absolute atomic E-state index is 16.2. The van der Waals surface area contributed by atoms with Crippen LogP contribution >= 0.6 is 55.1 Å². The number of likely N-dealkylation sites (N-methyl/N-ethyl adjacent to an activating group) is 1. The van der Waals surface area contributed by atoms with Crippen molar-refractivity contribution in [3.63, 3.8) is 0 Å². The van der Waals surface area contributed by atoms with Crippen molar-refractivity contribution in [1.82, 2.24) is 26.2 Å². The Morgan fingerprint density at radius 3 is 2.30 bits per heavy atom. The molecule has 1 unspecified atom stereocenters. The van der Waals surface area contributed by atoms with E-state index in [0.717, 1.165) is 22.6 Å². The van der Waals surface area contributed by atoms with Crippen LogP contribution in [-0.2, 0) is 58.9 Å². The lowest BCUT2D eigenvalue weighted by atomic mass is 9.83. The Bertz CT molecular complexity index is 3030. The van der Waals surface area contributed by atoms with Gasteiger partial charge in [0.05, 0.1) is 53.6 Å². The molecular weight excluding hydrogens is 1350 g/mol. The van der Waals surface area contributed by atoms with Crippen molar-refractivity contribution in [3.8, 4) is 5.75 Å². The molecule has 3 heterocycles. The van der Waals surface area contributed by atoms with Crippen LogP contribution in [0.25, 0.3) is 0 Å². The highest BCUT2D eigenvalue weighted by atomic mass is 79.9. The minimum absolute atomic E-state index is 0.0000567. The Morgan fingerprint density at radius 2 is 1.67 bits per heavy atom. The number of esters is 2. The summed E-state index contributed by atoms with van der Waals surface area (Å²) in [7, 11) is 5.54. The summed E-state index contributed by atoms with van der Waals surface area (Å²) in [6, 6.07) is 0.395. The third kappa shape index (κ3) is 19.7. The van der Waals surface area contributed by atoms with Crippen molar-refractivity contribution >= 4 is 120 Å². The van der Waals surface area contributed by atoms with E-state index >= 15 is 4.39 Å². The second-order valence-electron chi connectivity index (χ2n) is 23.4. The van der Waals surface area contributed by atoms with Crippen LogP contribution in [0, 0.1) is 23.6 Å². The Morgan fingerprint density at radius 1 is 0.978 bits per heavy atom. The molecule has 3 aliphatic heterocycles. The summed E-state index contributed by atoms with van der Waals surface area (Å²) in [6.45, 7) is 11.7. The number of fused-ring (bicyclic) bond motifs is 5. The number of allylic oxidation sites excluding steroid dienone is 3. The van der Waals surface area contributed by atoms with Crippen LogP contribution in [0.1, 0.15) is 116 Å². The minimum Gasteiger partial charge on any atom is -0.495 e.